The quantitative estimate of drug-likeness (QED) is 0.860. The van der Waals surface area contributed by atoms with Crippen LogP contribution in [0.15, 0.2) is 24.3 Å². The SMILES string of the molecule is CCOc1ccc(C2CN(CCN)C(=O)O2)cc1. The van der Waals surface area contributed by atoms with Gasteiger partial charge in [0.1, 0.15) is 11.9 Å². The third-order valence-electron chi connectivity index (χ3n) is 2.85. The fourth-order valence-corrected chi connectivity index (χ4v) is 1.97. The first-order valence-corrected chi connectivity index (χ1v) is 6.13. The molecule has 1 heterocycles. The largest absolute Gasteiger partial charge is 0.494 e. The molecular weight excluding hydrogens is 232 g/mol. The summed E-state index contributed by atoms with van der Waals surface area (Å²) in [6, 6.07) is 7.63. The molecule has 0 aromatic heterocycles. The molecule has 1 unspecified atom stereocenters. The van der Waals surface area contributed by atoms with Crippen LogP contribution in [-0.4, -0.2) is 37.2 Å². The zero-order valence-corrected chi connectivity index (χ0v) is 10.5. The Morgan fingerprint density at radius 3 is 2.78 bits per heavy atom. The molecule has 0 aliphatic carbocycles. The summed E-state index contributed by atoms with van der Waals surface area (Å²) in [5.41, 5.74) is 6.42. The molecule has 1 fully saturated rings. The van der Waals surface area contributed by atoms with Gasteiger partial charge in [-0.05, 0) is 24.6 Å². The van der Waals surface area contributed by atoms with E-state index in [1.165, 1.54) is 0 Å². The van der Waals surface area contributed by atoms with Crippen molar-refractivity contribution in [2.75, 3.05) is 26.2 Å². The van der Waals surface area contributed by atoms with Gasteiger partial charge in [0.25, 0.3) is 0 Å². The van der Waals surface area contributed by atoms with Gasteiger partial charge in [-0.1, -0.05) is 12.1 Å². The maximum atomic E-state index is 11.5. The molecule has 1 aromatic rings. The van der Waals surface area contributed by atoms with Crippen molar-refractivity contribution in [1.29, 1.82) is 0 Å². The standard InChI is InChI=1S/C13H18N2O3/c1-2-17-11-5-3-10(4-6-11)12-9-15(8-7-14)13(16)18-12/h3-6,12H,2,7-9,14H2,1H3. The van der Waals surface area contributed by atoms with E-state index in [0.717, 1.165) is 11.3 Å². The highest BCUT2D eigenvalue weighted by Crippen LogP contribution is 2.27. The Balaban J connectivity index is 2.02. The molecule has 2 N–H and O–H groups in total. The van der Waals surface area contributed by atoms with E-state index in [1.54, 1.807) is 4.90 Å². The Bertz CT molecular complexity index is 405. The summed E-state index contributed by atoms with van der Waals surface area (Å²) in [7, 11) is 0. The van der Waals surface area contributed by atoms with Gasteiger partial charge in [0.15, 0.2) is 0 Å². The summed E-state index contributed by atoms with van der Waals surface area (Å²) in [5, 5.41) is 0. The van der Waals surface area contributed by atoms with Gasteiger partial charge in [0.2, 0.25) is 0 Å². The van der Waals surface area contributed by atoms with Crippen molar-refractivity contribution in [3.8, 4) is 5.75 Å². The van der Waals surface area contributed by atoms with Crippen LogP contribution in [0.4, 0.5) is 4.79 Å². The second kappa shape index (κ2) is 5.73. The first-order chi connectivity index (χ1) is 8.74. The van der Waals surface area contributed by atoms with Gasteiger partial charge in [0.05, 0.1) is 13.2 Å². The molecule has 1 aromatic carbocycles. The van der Waals surface area contributed by atoms with E-state index in [-0.39, 0.29) is 12.2 Å². The van der Waals surface area contributed by atoms with Gasteiger partial charge in [-0.15, -0.1) is 0 Å². The lowest BCUT2D eigenvalue weighted by Gasteiger charge is -2.11. The molecule has 1 amide bonds. The molecule has 5 nitrogen and oxygen atoms in total. The van der Waals surface area contributed by atoms with E-state index in [2.05, 4.69) is 0 Å². The molecule has 1 aliphatic heterocycles. The van der Waals surface area contributed by atoms with E-state index in [4.69, 9.17) is 15.2 Å². The first-order valence-electron chi connectivity index (χ1n) is 6.13. The van der Waals surface area contributed by atoms with Gasteiger partial charge in [-0.3, -0.25) is 0 Å². The van der Waals surface area contributed by atoms with Gasteiger partial charge < -0.3 is 20.1 Å². The van der Waals surface area contributed by atoms with E-state index in [0.29, 0.717) is 26.2 Å². The van der Waals surface area contributed by atoms with Crippen LogP contribution >= 0.6 is 0 Å². The van der Waals surface area contributed by atoms with Crippen molar-refractivity contribution < 1.29 is 14.3 Å². The topological polar surface area (TPSA) is 64.8 Å². The van der Waals surface area contributed by atoms with Crippen LogP contribution in [0.1, 0.15) is 18.6 Å². The molecule has 0 radical (unpaired) electrons. The zero-order valence-electron chi connectivity index (χ0n) is 10.5. The number of amides is 1. The molecule has 1 atom stereocenters. The summed E-state index contributed by atoms with van der Waals surface area (Å²) in [6.45, 7) is 4.13. The number of carbonyl (C=O) groups is 1. The highest BCUT2D eigenvalue weighted by molar-refractivity contribution is 5.70. The maximum Gasteiger partial charge on any atom is 0.410 e. The molecule has 18 heavy (non-hydrogen) atoms. The molecule has 2 rings (SSSR count). The average Bonchev–Trinajstić information content (AvgIpc) is 2.73. The highest BCUT2D eigenvalue weighted by Gasteiger charge is 2.31. The number of ether oxygens (including phenoxy) is 2. The van der Waals surface area contributed by atoms with E-state index >= 15 is 0 Å². The number of hydrogen-bond acceptors (Lipinski definition) is 4. The summed E-state index contributed by atoms with van der Waals surface area (Å²) in [5.74, 6) is 0.824. The lowest BCUT2D eigenvalue weighted by Crippen LogP contribution is -2.30. The van der Waals surface area contributed by atoms with Crippen molar-refractivity contribution in [2.45, 2.75) is 13.0 Å². The van der Waals surface area contributed by atoms with Gasteiger partial charge in [-0.25, -0.2) is 4.79 Å². The second-order valence-electron chi connectivity index (χ2n) is 4.11. The molecular formula is C13H18N2O3. The van der Waals surface area contributed by atoms with Crippen LogP contribution in [0.3, 0.4) is 0 Å². The minimum Gasteiger partial charge on any atom is -0.494 e. The molecule has 5 heteroatoms. The maximum absolute atomic E-state index is 11.5. The lowest BCUT2D eigenvalue weighted by atomic mass is 10.1. The lowest BCUT2D eigenvalue weighted by molar-refractivity contribution is 0.133. The van der Waals surface area contributed by atoms with Crippen molar-refractivity contribution in [2.24, 2.45) is 5.73 Å². The van der Waals surface area contributed by atoms with Crippen LogP contribution in [0.2, 0.25) is 0 Å². The minimum atomic E-state index is -0.292. The molecule has 0 saturated carbocycles. The molecule has 0 spiro atoms. The van der Waals surface area contributed by atoms with Crippen LogP contribution in [0.5, 0.6) is 5.75 Å². The monoisotopic (exact) mass is 250 g/mol. The number of cyclic esters (lactones) is 1. The van der Waals surface area contributed by atoms with Crippen LogP contribution in [-0.2, 0) is 4.74 Å². The van der Waals surface area contributed by atoms with Gasteiger partial charge >= 0.3 is 6.09 Å². The summed E-state index contributed by atoms with van der Waals surface area (Å²) < 4.78 is 10.7. The third kappa shape index (κ3) is 2.73. The Hall–Kier alpha value is -1.75. The second-order valence-corrected chi connectivity index (χ2v) is 4.11. The normalized spacial score (nSPS) is 18.9. The van der Waals surface area contributed by atoms with E-state index in [9.17, 15) is 4.79 Å². The van der Waals surface area contributed by atoms with Crippen LogP contribution < -0.4 is 10.5 Å². The fourth-order valence-electron chi connectivity index (χ4n) is 1.97. The Morgan fingerprint density at radius 2 is 2.17 bits per heavy atom. The number of nitrogens with two attached hydrogens (primary N) is 1. The highest BCUT2D eigenvalue weighted by atomic mass is 16.6. The summed E-state index contributed by atoms with van der Waals surface area (Å²) in [6.07, 6.45) is -0.501. The summed E-state index contributed by atoms with van der Waals surface area (Å²) in [4.78, 5) is 13.2. The van der Waals surface area contributed by atoms with Gasteiger partial charge in [-0.2, -0.15) is 0 Å². The van der Waals surface area contributed by atoms with Crippen LogP contribution in [0.25, 0.3) is 0 Å². The summed E-state index contributed by atoms with van der Waals surface area (Å²) >= 11 is 0. The van der Waals surface area contributed by atoms with Crippen molar-refractivity contribution in [3.05, 3.63) is 29.8 Å². The predicted octanol–water partition coefficient (Wildman–Crippen LogP) is 1.54. The molecule has 1 saturated heterocycles. The first kappa shape index (κ1) is 12.7. The Labute approximate surface area is 106 Å². The number of nitrogens with zero attached hydrogens (tertiary/aromatic N) is 1. The number of carbonyl (C=O) groups excluding carboxylic acids is 1. The molecule has 98 valence electrons. The van der Waals surface area contributed by atoms with Crippen molar-refractivity contribution in [3.63, 3.8) is 0 Å². The number of benzene rings is 1. The van der Waals surface area contributed by atoms with Crippen LogP contribution in [0, 0.1) is 0 Å². The van der Waals surface area contributed by atoms with Gasteiger partial charge in [0, 0.05) is 13.1 Å². The van der Waals surface area contributed by atoms with E-state index in [1.807, 2.05) is 31.2 Å². The Morgan fingerprint density at radius 1 is 1.44 bits per heavy atom. The third-order valence-corrected chi connectivity index (χ3v) is 2.85. The smallest absolute Gasteiger partial charge is 0.410 e. The van der Waals surface area contributed by atoms with Crippen molar-refractivity contribution >= 4 is 6.09 Å². The minimum absolute atomic E-state index is 0.209. The average molecular weight is 250 g/mol. The number of rotatable bonds is 5. The Kier molecular flexibility index (Phi) is 4.04. The molecule has 1 aliphatic rings. The van der Waals surface area contributed by atoms with E-state index < -0.39 is 0 Å². The van der Waals surface area contributed by atoms with Crippen molar-refractivity contribution in [1.82, 2.24) is 4.90 Å². The fraction of sp³-hybridized carbons (Fsp3) is 0.462. The zero-order chi connectivity index (χ0) is 13.0. The predicted molar refractivity (Wildman–Crippen MR) is 67.5 cm³/mol. The number of hydrogen-bond donors (Lipinski definition) is 1. The molecule has 0 bridgehead atoms.